The molecule has 0 atom stereocenters. The van der Waals surface area contributed by atoms with E-state index in [2.05, 4.69) is 13.8 Å². The smallest absolute Gasteiger partial charge is 0.335 e. The Morgan fingerprint density at radius 1 is 1.00 bits per heavy atom. The van der Waals surface area contributed by atoms with Gasteiger partial charge < -0.3 is 5.11 Å². The van der Waals surface area contributed by atoms with Crippen LogP contribution in [0, 0.1) is 5.92 Å². The Balaban J connectivity index is 2.28. The number of carboxylic acid groups (broad SMARTS) is 1. The molecule has 0 amide bonds. The number of carboxylic acids is 1. The molecule has 0 fully saturated rings. The third kappa shape index (κ3) is 4.52. The number of aromatic carboxylic acids is 1. The largest absolute Gasteiger partial charge is 0.478 e. The first-order chi connectivity index (χ1) is 11.0. The minimum absolute atomic E-state index is 0.0763. The van der Waals surface area contributed by atoms with Crippen LogP contribution >= 0.6 is 0 Å². The summed E-state index contributed by atoms with van der Waals surface area (Å²) < 4.78 is 0. The predicted molar refractivity (Wildman–Crippen MR) is 91.1 cm³/mol. The Morgan fingerprint density at radius 2 is 1.70 bits per heavy atom. The molecule has 2 aromatic carbocycles. The van der Waals surface area contributed by atoms with Gasteiger partial charge in [0, 0.05) is 11.1 Å². The summed E-state index contributed by atoms with van der Waals surface area (Å²) in [5.41, 5.74) is 2.18. The predicted octanol–water partition coefficient (Wildman–Crippen LogP) is 4.59. The molecule has 1 N–H and O–H groups in total. The molecule has 2 rings (SSSR count). The molecule has 0 aromatic heterocycles. The standard InChI is InChI=1S/C20H22O3/c1-14(2)7-6-10-16-13-17(11-12-18(16)20(22)23)19(21)15-8-4-3-5-9-15/h3-5,8-9,11-14H,6-7,10H2,1-2H3,(H,22,23). The maximum absolute atomic E-state index is 12.5. The van der Waals surface area contributed by atoms with Crippen LogP contribution in [0.3, 0.4) is 0 Å². The van der Waals surface area contributed by atoms with E-state index in [1.807, 2.05) is 18.2 Å². The van der Waals surface area contributed by atoms with Crippen molar-refractivity contribution in [1.82, 2.24) is 0 Å². The first kappa shape index (κ1) is 16.9. The van der Waals surface area contributed by atoms with Gasteiger partial charge in [-0.05, 0) is 36.5 Å². The molecule has 2 aromatic rings. The molecule has 0 saturated heterocycles. The van der Waals surface area contributed by atoms with Gasteiger partial charge in [-0.25, -0.2) is 4.79 Å². The van der Waals surface area contributed by atoms with Crippen LogP contribution in [0.1, 0.15) is 58.5 Å². The molecular weight excluding hydrogens is 288 g/mol. The number of carbonyl (C=O) groups excluding carboxylic acids is 1. The molecule has 0 saturated carbocycles. The van der Waals surface area contributed by atoms with Crippen LogP contribution in [0.25, 0.3) is 0 Å². The van der Waals surface area contributed by atoms with Gasteiger partial charge in [0.05, 0.1) is 5.56 Å². The summed E-state index contributed by atoms with van der Waals surface area (Å²) in [4.78, 5) is 23.9. The zero-order valence-corrected chi connectivity index (χ0v) is 13.6. The number of rotatable bonds is 7. The number of ketones is 1. The van der Waals surface area contributed by atoms with Crippen molar-refractivity contribution in [3.05, 3.63) is 70.8 Å². The molecule has 120 valence electrons. The molecule has 0 unspecified atom stereocenters. The lowest BCUT2D eigenvalue weighted by molar-refractivity contribution is 0.0695. The van der Waals surface area contributed by atoms with Crippen molar-refractivity contribution < 1.29 is 14.7 Å². The van der Waals surface area contributed by atoms with E-state index in [1.165, 1.54) is 0 Å². The van der Waals surface area contributed by atoms with Crippen LogP contribution < -0.4 is 0 Å². The van der Waals surface area contributed by atoms with Crippen molar-refractivity contribution in [1.29, 1.82) is 0 Å². The molecule has 0 spiro atoms. The summed E-state index contributed by atoms with van der Waals surface area (Å²) >= 11 is 0. The first-order valence-electron chi connectivity index (χ1n) is 7.95. The van der Waals surface area contributed by atoms with E-state index in [9.17, 15) is 14.7 Å². The van der Waals surface area contributed by atoms with Crippen molar-refractivity contribution >= 4 is 11.8 Å². The second kappa shape index (κ2) is 7.73. The minimum atomic E-state index is -0.941. The lowest BCUT2D eigenvalue weighted by Gasteiger charge is -2.10. The third-order valence-corrected chi connectivity index (χ3v) is 3.86. The second-order valence-corrected chi connectivity index (χ2v) is 6.16. The van der Waals surface area contributed by atoms with Gasteiger partial charge in [-0.15, -0.1) is 0 Å². The van der Waals surface area contributed by atoms with Crippen LogP contribution in [0.15, 0.2) is 48.5 Å². The van der Waals surface area contributed by atoms with Crippen molar-refractivity contribution in [3.8, 4) is 0 Å². The highest BCUT2D eigenvalue weighted by atomic mass is 16.4. The van der Waals surface area contributed by atoms with Crippen molar-refractivity contribution in [2.75, 3.05) is 0 Å². The van der Waals surface area contributed by atoms with E-state index < -0.39 is 5.97 Å². The van der Waals surface area contributed by atoms with Gasteiger partial charge in [-0.1, -0.05) is 56.7 Å². The lowest BCUT2D eigenvalue weighted by Crippen LogP contribution is -2.07. The number of hydrogen-bond donors (Lipinski definition) is 1. The van der Waals surface area contributed by atoms with E-state index >= 15 is 0 Å². The van der Waals surface area contributed by atoms with Crippen molar-refractivity contribution in [3.63, 3.8) is 0 Å². The molecule has 0 aliphatic rings. The SMILES string of the molecule is CC(C)CCCc1cc(C(=O)c2ccccc2)ccc1C(=O)O. The van der Waals surface area contributed by atoms with Gasteiger partial charge >= 0.3 is 5.97 Å². The van der Waals surface area contributed by atoms with Crippen LogP contribution in [-0.2, 0) is 6.42 Å². The zero-order valence-electron chi connectivity index (χ0n) is 13.6. The normalized spacial score (nSPS) is 10.7. The highest BCUT2D eigenvalue weighted by Gasteiger charge is 2.15. The maximum atomic E-state index is 12.5. The molecule has 0 bridgehead atoms. The fourth-order valence-electron chi connectivity index (χ4n) is 2.61. The highest BCUT2D eigenvalue weighted by Crippen LogP contribution is 2.19. The Morgan fingerprint density at radius 3 is 2.30 bits per heavy atom. The Kier molecular flexibility index (Phi) is 5.69. The van der Waals surface area contributed by atoms with Gasteiger partial charge in [-0.3, -0.25) is 4.79 Å². The summed E-state index contributed by atoms with van der Waals surface area (Å²) in [5.74, 6) is -0.437. The van der Waals surface area contributed by atoms with Crippen LogP contribution in [-0.4, -0.2) is 16.9 Å². The summed E-state index contributed by atoms with van der Waals surface area (Å²) in [6.07, 6.45) is 2.63. The summed E-state index contributed by atoms with van der Waals surface area (Å²) in [6.45, 7) is 4.29. The summed E-state index contributed by atoms with van der Waals surface area (Å²) in [6, 6.07) is 13.9. The molecule has 3 nitrogen and oxygen atoms in total. The Labute approximate surface area is 137 Å². The van der Waals surface area contributed by atoms with Gasteiger partial charge in [0.1, 0.15) is 0 Å². The van der Waals surface area contributed by atoms with Gasteiger partial charge in [0.15, 0.2) is 5.78 Å². The fraction of sp³-hybridized carbons (Fsp3) is 0.300. The van der Waals surface area contributed by atoms with Crippen LogP contribution in [0.2, 0.25) is 0 Å². The summed E-state index contributed by atoms with van der Waals surface area (Å²) in [7, 11) is 0. The molecule has 0 aliphatic carbocycles. The van der Waals surface area contributed by atoms with E-state index in [4.69, 9.17) is 0 Å². The molecule has 3 heteroatoms. The fourth-order valence-corrected chi connectivity index (χ4v) is 2.61. The van der Waals surface area contributed by atoms with E-state index in [0.29, 0.717) is 29.0 Å². The zero-order chi connectivity index (χ0) is 16.8. The van der Waals surface area contributed by atoms with Gasteiger partial charge in [0.2, 0.25) is 0 Å². The lowest BCUT2D eigenvalue weighted by atomic mass is 9.94. The van der Waals surface area contributed by atoms with Gasteiger partial charge in [-0.2, -0.15) is 0 Å². The number of benzene rings is 2. The van der Waals surface area contributed by atoms with E-state index in [1.54, 1.807) is 30.3 Å². The topological polar surface area (TPSA) is 54.4 Å². The van der Waals surface area contributed by atoms with Crippen molar-refractivity contribution in [2.24, 2.45) is 5.92 Å². The van der Waals surface area contributed by atoms with Crippen LogP contribution in [0.4, 0.5) is 0 Å². The van der Waals surface area contributed by atoms with E-state index in [-0.39, 0.29) is 5.78 Å². The third-order valence-electron chi connectivity index (χ3n) is 3.86. The average molecular weight is 310 g/mol. The minimum Gasteiger partial charge on any atom is -0.478 e. The first-order valence-corrected chi connectivity index (χ1v) is 7.95. The van der Waals surface area contributed by atoms with Crippen LogP contribution in [0.5, 0.6) is 0 Å². The average Bonchev–Trinajstić information content (AvgIpc) is 2.54. The number of carbonyl (C=O) groups is 2. The number of aryl methyl sites for hydroxylation is 1. The Hall–Kier alpha value is -2.42. The quantitative estimate of drug-likeness (QED) is 0.761. The molecule has 0 heterocycles. The van der Waals surface area contributed by atoms with E-state index in [0.717, 1.165) is 18.4 Å². The number of hydrogen-bond acceptors (Lipinski definition) is 2. The molecule has 0 radical (unpaired) electrons. The Bertz CT molecular complexity index is 687. The summed E-state index contributed by atoms with van der Waals surface area (Å²) in [5, 5.41) is 9.34. The van der Waals surface area contributed by atoms with Gasteiger partial charge in [0.25, 0.3) is 0 Å². The van der Waals surface area contributed by atoms with Crippen molar-refractivity contribution in [2.45, 2.75) is 33.1 Å². The molecule has 0 aliphatic heterocycles. The second-order valence-electron chi connectivity index (χ2n) is 6.16. The maximum Gasteiger partial charge on any atom is 0.335 e. The molecule has 23 heavy (non-hydrogen) atoms. The molecular formula is C20H22O3. The monoisotopic (exact) mass is 310 g/mol. The highest BCUT2D eigenvalue weighted by molar-refractivity contribution is 6.09.